The zero-order chi connectivity index (χ0) is 20.3. The van der Waals surface area contributed by atoms with E-state index < -0.39 is 28.1 Å². The minimum Gasteiger partial charge on any atom is -0.480 e. The normalized spacial score (nSPS) is 21.2. The van der Waals surface area contributed by atoms with Crippen LogP contribution in [0.1, 0.15) is 25.7 Å². The Morgan fingerprint density at radius 3 is 1.96 bits per heavy atom. The van der Waals surface area contributed by atoms with E-state index in [0.29, 0.717) is 25.7 Å². The van der Waals surface area contributed by atoms with Gasteiger partial charge in [-0.25, -0.2) is 8.42 Å². The van der Waals surface area contributed by atoms with E-state index >= 15 is 0 Å². The minimum atomic E-state index is -3.97. The average molecular weight is 468 g/mol. The van der Waals surface area contributed by atoms with Gasteiger partial charge in [-0.1, -0.05) is 40.2 Å². The molecule has 28 heavy (non-hydrogen) atoms. The van der Waals surface area contributed by atoms with E-state index in [2.05, 4.69) is 20.7 Å². The van der Waals surface area contributed by atoms with Crippen molar-refractivity contribution in [2.75, 3.05) is 0 Å². The van der Waals surface area contributed by atoms with Crippen LogP contribution >= 0.6 is 15.9 Å². The Morgan fingerprint density at radius 1 is 0.964 bits per heavy atom. The summed E-state index contributed by atoms with van der Waals surface area (Å²) in [4.78, 5) is 11.7. The molecule has 6 nitrogen and oxygen atoms in total. The summed E-state index contributed by atoms with van der Waals surface area (Å²) in [5.74, 6) is -1.53. The van der Waals surface area contributed by atoms with Crippen molar-refractivity contribution < 1.29 is 23.4 Å². The first kappa shape index (κ1) is 21.0. The molecule has 2 aromatic carbocycles. The van der Waals surface area contributed by atoms with E-state index in [9.17, 15) is 23.4 Å². The molecule has 0 amide bonds. The second-order valence-electron chi connectivity index (χ2n) is 7.04. The molecule has 8 heteroatoms. The predicted molar refractivity (Wildman–Crippen MR) is 109 cm³/mol. The quantitative estimate of drug-likeness (QED) is 0.603. The topological polar surface area (TPSA) is 104 Å². The highest BCUT2D eigenvalue weighted by atomic mass is 79.9. The number of halogens is 1. The van der Waals surface area contributed by atoms with Gasteiger partial charge in [0.15, 0.2) is 0 Å². The van der Waals surface area contributed by atoms with Gasteiger partial charge in [0.2, 0.25) is 10.0 Å². The number of rotatable bonds is 6. The number of carboxylic acids is 1. The van der Waals surface area contributed by atoms with Gasteiger partial charge in [0, 0.05) is 4.47 Å². The van der Waals surface area contributed by atoms with E-state index in [1.165, 1.54) is 12.1 Å². The van der Waals surface area contributed by atoms with Crippen LogP contribution in [0.3, 0.4) is 0 Å². The molecule has 0 radical (unpaired) electrons. The Labute approximate surface area is 172 Å². The standard InChI is InChI=1S/C20H22BrNO5S/c21-16-7-1-13(2-8-16)14-5-11-18(12-6-14)28(26,27)22-19(20(24)25)15-3-9-17(23)10-4-15/h1-2,5-8,11-12,15,17,19,22-23H,3-4,9-10H2,(H,24,25)/t15?,17?,19-/m1/s1. The Hall–Kier alpha value is -1.74. The lowest BCUT2D eigenvalue weighted by Gasteiger charge is -2.30. The number of sulfonamides is 1. The smallest absolute Gasteiger partial charge is 0.322 e. The number of hydrogen-bond acceptors (Lipinski definition) is 4. The van der Waals surface area contributed by atoms with Crippen molar-refractivity contribution in [3.8, 4) is 11.1 Å². The molecule has 0 unspecified atom stereocenters. The number of aliphatic hydroxyl groups is 1. The van der Waals surface area contributed by atoms with Gasteiger partial charge in [-0.2, -0.15) is 4.72 Å². The molecular weight excluding hydrogens is 446 g/mol. The molecule has 1 saturated carbocycles. The lowest BCUT2D eigenvalue weighted by atomic mass is 9.83. The molecule has 0 heterocycles. The lowest BCUT2D eigenvalue weighted by molar-refractivity contribution is -0.141. The Morgan fingerprint density at radius 2 is 1.46 bits per heavy atom. The van der Waals surface area contributed by atoms with Crippen molar-refractivity contribution in [1.29, 1.82) is 0 Å². The Bertz CT molecular complexity index is 920. The molecule has 2 aromatic rings. The summed E-state index contributed by atoms with van der Waals surface area (Å²) in [6.07, 6.45) is 1.48. The number of aliphatic hydroxyl groups excluding tert-OH is 1. The molecule has 0 spiro atoms. The van der Waals surface area contributed by atoms with Crippen LogP contribution in [0.2, 0.25) is 0 Å². The highest BCUT2D eigenvalue weighted by Crippen LogP contribution is 2.28. The van der Waals surface area contributed by atoms with E-state index in [1.807, 2.05) is 24.3 Å². The molecule has 150 valence electrons. The second kappa shape index (κ2) is 8.73. The third kappa shape index (κ3) is 5.00. The molecule has 1 fully saturated rings. The van der Waals surface area contributed by atoms with E-state index in [-0.39, 0.29) is 10.8 Å². The molecule has 0 saturated heterocycles. The van der Waals surface area contributed by atoms with Crippen LogP contribution in [0, 0.1) is 5.92 Å². The van der Waals surface area contributed by atoms with Crippen molar-refractivity contribution in [2.45, 2.75) is 42.7 Å². The molecule has 1 atom stereocenters. The minimum absolute atomic E-state index is 0.0236. The number of carbonyl (C=O) groups is 1. The van der Waals surface area contributed by atoms with Gasteiger partial charge in [0.1, 0.15) is 6.04 Å². The zero-order valence-electron chi connectivity index (χ0n) is 15.1. The van der Waals surface area contributed by atoms with Crippen molar-refractivity contribution in [3.63, 3.8) is 0 Å². The van der Waals surface area contributed by atoms with Crippen LogP contribution in [0.15, 0.2) is 57.9 Å². The zero-order valence-corrected chi connectivity index (χ0v) is 17.5. The summed E-state index contributed by atoms with van der Waals surface area (Å²) in [7, 11) is -3.97. The van der Waals surface area contributed by atoms with Gasteiger partial charge in [0.05, 0.1) is 11.0 Å². The van der Waals surface area contributed by atoms with Gasteiger partial charge in [-0.15, -0.1) is 0 Å². The molecular formula is C20H22BrNO5S. The maximum atomic E-state index is 12.7. The molecule has 0 bridgehead atoms. The number of hydrogen-bond donors (Lipinski definition) is 3. The first-order valence-electron chi connectivity index (χ1n) is 9.05. The molecule has 0 aromatic heterocycles. The lowest BCUT2D eigenvalue weighted by Crippen LogP contribution is -2.47. The number of benzene rings is 2. The molecule has 3 rings (SSSR count). The Kier molecular flexibility index (Phi) is 6.54. The summed E-state index contributed by atoms with van der Waals surface area (Å²) in [5.41, 5.74) is 1.81. The summed E-state index contributed by atoms with van der Waals surface area (Å²) in [6.45, 7) is 0. The second-order valence-corrected chi connectivity index (χ2v) is 9.67. The van der Waals surface area contributed by atoms with Gasteiger partial charge in [0.25, 0.3) is 0 Å². The van der Waals surface area contributed by atoms with Crippen LogP contribution < -0.4 is 4.72 Å². The molecule has 1 aliphatic rings. The Balaban J connectivity index is 1.77. The monoisotopic (exact) mass is 467 g/mol. The van der Waals surface area contributed by atoms with Crippen LogP contribution in [0.4, 0.5) is 0 Å². The highest BCUT2D eigenvalue weighted by Gasteiger charge is 2.35. The van der Waals surface area contributed by atoms with E-state index in [0.717, 1.165) is 15.6 Å². The number of aliphatic carboxylic acids is 1. The third-order valence-electron chi connectivity index (χ3n) is 5.10. The van der Waals surface area contributed by atoms with E-state index in [1.54, 1.807) is 12.1 Å². The third-order valence-corrected chi connectivity index (χ3v) is 7.09. The number of nitrogens with one attached hydrogen (secondary N) is 1. The first-order valence-corrected chi connectivity index (χ1v) is 11.3. The number of carboxylic acid groups (broad SMARTS) is 1. The largest absolute Gasteiger partial charge is 0.480 e. The van der Waals surface area contributed by atoms with Crippen LogP contribution in [0.5, 0.6) is 0 Å². The molecule has 3 N–H and O–H groups in total. The van der Waals surface area contributed by atoms with Gasteiger partial charge in [-0.3, -0.25) is 4.79 Å². The molecule has 1 aliphatic carbocycles. The van der Waals surface area contributed by atoms with Crippen molar-refractivity contribution in [1.82, 2.24) is 4.72 Å². The summed E-state index contributed by atoms with van der Waals surface area (Å²) < 4.78 is 28.7. The van der Waals surface area contributed by atoms with Crippen LogP contribution in [-0.2, 0) is 14.8 Å². The fourth-order valence-electron chi connectivity index (χ4n) is 3.49. The van der Waals surface area contributed by atoms with Crippen LogP contribution in [-0.4, -0.2) is 36.7 Å². The predicted octanol–water partition coefficient (Wildman–Crippen LogP) is 3.40. The van der Waals surface area contributed by atoms with Crippen molar-refractivity contribution in [3.05, 3.63) is 53.0 Å². The van der Waals surface area contributed by atoms with Gasteiger partial charge in [-0.05, 0) is 67.0 Å². The summed E-state index contributed by atoms with van der Waals surface area (Å²) in [6, 6.07) is 12.8. The van der Waals surface area contributed by atoms with Crippen LogP contribution in [0.25, 0.3) is 11.1 Å². The maximum Gasteiger partial charge on any atom is 0.322 e. The summed E-state index contributed by atoms with van der Waals surface area (Å²) in [5, 5.41) is 19.1. The highest BCUT2D eigenvalue weighted by molar-refractivity contribution is 9.10. The average Bonchev–Trinajstić information content (AvgIpc) is 2.67. The van der Waals surface area contributed by atoms with Gasteiger partial charge < -0.3 is 10.2 Å². The van der Waals surface area contributed by atoms with Gasteiger partial charge >= 0.3 is 5.97 Å². The summed E-state index contributed by atoms with van der Waals surface area (Å²) >= 11 is 3.38. The van der Waals surface area contributed by atoms with Crippen molar-refractivity contribution >= 4 is 31.9 Å². The van der Waals surface area contributed by atoms with Crippen molar-refractivity contribution in [2.24, 2.45) is 5.92 Å². The molecule has 0 aliphatic heterocycles. The fraction of sp³-hybridized carbons (Fsp3) is 0.350. The SMILES string of the molecule is O=C(O)[C@H](NS(=O)(=O)c1ccc(-c2ccc(Br)cc2)cc1)C1CCC(O)CC1. The first-order chi connectivity index (χ1) is 13.3. The van der Waals surface area contributed by atoms with E-state index in [4.69, 9.17) is 0 Å². The maximum absolute atomic E-state index is 12.7. The fourth-order valence-corrected chi connectivity index (χ4v) is 5.01.